The minimum Gasteiger partial charge on any atom is -0.680 e. The van der Waals surface area contributed by atoms with Crippen LogP contribution in [-0.2, 0) is 0 Å². The minimum atomic E-state index is 0. The van der Waals surface area contributed by atoms with Gasteiger partial charge in [0, 0.05) is 35.6 Å². The fourth-order valence-electron chi connectivity index (χ4n) is 0. The van der Waals surface area contributed by atoms with E-state index in [1.165, 1.54) is 7.05 Å². The van der Waals surface area contributed by atoms with Crippen molar-refractivity contribution in [2.75, 3.05) is 7.05 Å². The van der Waals surface area contributed by atoms with E-state index in [-0.39, 0.29) is 43.0 Å². The minimum absolute atomic E-state index is 0. The molecular formula is C2H7LaN-2. The SMILES string of the molecule is C[NH-].[CH3-].[La]. The molecule has 0 amide bonds. The van der Waals surface area contributed by atoms with Crippen molar-refractivity contribution < 1.29 is 35.6 Å². The Morgan fingerprint density at radius 1 is 1.25 bits per heavy atom. The number of nitrogens with one attached hydrogen (secondary N) is 1. The molecule has 4 heavy (non-hydrogen) atoms. The Labute approximate surface area is 55.6 Å². The molecule has 0 aliphatic carbocycles. The molecule has 0 rings (SSSR count). The van der Waals surface area contributed by atoms with Gasteiger partial charge in [0.05, 0.1) is 0 Å². The van der Waals surface area contributed by atoms with Gasteiger partial charge in [0.2, 0.25) is 0 Å². The van der Waals surface area contributed by atoms with E-state index in [0.717, 1.165) is 0 Å². The van der Waals surface area contributed by atoms with Crippen LogP contribution in [-0.4, -0.2) is 7.05 Å². The second kappa shape index (κ2) is 31.0. The van der Waals surface area contributed by atoms with E-state index < -0.39 is 0 Å². The van der Waals surface area contributed by atoms with Gasteiger partial charge < -0.3 is 13.2 Å². The van der Waals surface area contributed by atoms with Gasteiger partial charge in [0.25, 0.3) is 0 Å². The van der Waals surface area contributed by atoms with Crippen LogP contribution in [0.25, 0.3) is 5.73 Å². The van der Waals surface area contributed by atoms with Crippen molar-refractivity contribution in [3.8, 4) is 0 Å². The van der Waals surface area contributed by atoms with Crippen molar-refractivity contribution in [1.29, 1.82) is 0 Å². The maximum Gasteiger partial charge on any atom is 0 e. The van der Waals surface area contributed by atoms with E-state index in [1.807, 2.05) is 0 Å². The fourth-order valence-corrected chi connectivity index (χ4v) is 0. The zero-order valence-corrected chi connectivity index (χ0v) is 6.70. The molecule has 0 aliphatic rings. The first-order chi connectivity index (χ1) is 1.00. The maximum absolute atomic E-state index is 5.75. The average Bonchev–Trinajstić information content (AvgIpc) is 1.00. The summed E-state index contributed by atoms with van der Waals surface area (Å²) in [5.74, 6) is 0. The van der Waals surface area contributed by atoms with Crippen molar-refractivity contribution in [3.63, 3.8) is 0 Å². The van der Waals surface area contributed by atoms with Gasteiger partial charge in [-0.25, -0.2) is 0 Å². The molecule has 0 bridgehead atoms. The molecule has 0 aromatic rings. The molecule has 2 heteroatoms. The van der Waals surface area contributed by atoms with Crippen LogP contribution in [0, 0.1) is 43.0 Å². The van der Waals surface area contributed by atoms with Gasteiger partial charge in [-0.15, -0.1) is 0 Å². The van der Waals surface area contributed by atoms with Gasteiger partial charge >= 0.3 is 0 Å². The third-order valence-corrected chi connectivity index (χ3v) is 0. The van der Waals surface area contributed by atoms with Gasteiger partial charge in [-0.1, -0.05) is 0 Å². The van der Waals surface area contributed by atoms with Crippen LogP contribution in [0.5, 0.6) is 0 Å². The first kappa shape index (κ1) is 19.2. The molecule has 1 nitrogen and oxygen atoms in total. The summed E-state index contributed by atoms with van der Waals surface area (Å²) in [6.45, 7) is 0. The van der Waals surface area contributed by atoms with Gasteiger partial charge in [0.15, 0.2) is 0 Å². The molecule has 0 aliphatic heterocycles. The second-order valence-corrected chi connectivity index (χ2v) is 0. The topological polar surface area (TPSA) is 23.8 Å². The Morgan fingerprint density at radius 3 is 1.25 bits per heavy atom. The summed E-state index contributed by atoms with van der Waals surface area (Å²) < 4.78 is 0. The zero-order chi connectivity index (χ0) is 2.00. The molecule has 0 aromatic carbocycles. The van der Waals surface area contributed by atoms with Crippen molar-refractivity contribution in [2.24, 2.45) is 0 Å². The summed E-state index contributed by atoms with van der Waals surface area (Å²) in [6.07, 6.45) is 0. The third kappa shape index (κ3) is 11.0. The molecule has 1 radical (unpaired) electrons. The van der Waals surface area contributed by atoms with Crippen LogP contribution in [0.4, 0.5) is 0 Å². The summed E-state index contributed by atoms with van der Waals surface area (Å²) >= 11 is 0. The molecule has 1 N–H and O–H groups in total. The molecule has 0 aromatic heterocycles. The van der Waals surface area contributed by atoms with E-state index in [9.17, 15) is 0 Å². The van der Waals surface area contributed by atoms with E-state index >= 15 is 0 Å². The molecule has 0 saturated carbocycles. The predicted molar refractivity (Wildman–Crippen MR) is 16.7 cm³/mol. The monoisotopic (exact) mass is 184 g/mol. The van der Waals surface area contributed by atoms with Gasteiger partial charge in [-0.05, 0) is 0 Å². The quantitative estimate of drug-likeness (QED) is 0.503. The first-order valence-corrected chi connectivity index (χ1v) is 0.500. The molecule has 0 heterocycles. The van der Waals surface area contributed by atoms with Crippen LogP contribution >= 0.6 is 0 Å². The van der Waals surface area contributed by atoms with Crippen molar-refractivity contribution in [1.82, 2.24) is 0 Å². The molecule has 25 valence electrons. The molecule has 0 atom stereocenters. The van der Waals surface area contributed by atoms with E-state index in [1.54, 1.807) is 0 Å². The summed E-state index contributed by atoms with van der Waals surface area (Å²) in [5.41, 5.74) is 5.75. The van der Waals surface area contributed by atoms with Crippen LogP contribution in [0.3, 0.4) is 0 Å². The Hall–Kier alpha value is 1.15. The average molecular weight is 184 g/mol. The first-order valence-electron chi connectivity index (χ1n) is 0.500. The zero-order valence-electron chi connectivity index (χ0n) is 3.08. The molecule has 0 fully saturated rings. The van der Waals surface area contributed by atoms with E-state index in [4.69, 9.17) is 5.73 Å². The normalized spacial score (nSPS) is 1.50. The summed E-state index contributed by atoms with van der Waals surface area (Å²) in [4.78, 5) is 0. The summed E-state index contributed by atoms with van der Waals surface area (Å²) in [5, 5.41) is 0. The molecular weight excluding hydrogens is 177 g/mol. The Kier molecular flexibility index (Phi) is 149. The summed E-state index contributed by atoms with van der Waals surface area (Å²) in [7, 11) is 1.25. The fraction of sp³-hybridized carbons (Fsp3) is 0.500. The smallest absolute Gasteiger partial charge is 0 e. The van der Waals surface area contributed by atoms with Crippen molar-refractivity contribution >= 4 is 0 Å². The van der Waals surface area contributed by atoms with Gasteiger partial charge in [-0.2, -0.15) is 7.05 Å². The number of rotatable bonds is 0. The van der Waals surface area contributed by atoms with E-state index in [0.29, 0.717) is 0 Å². The van der Waals surface area contributed by atoms with Crippen molar-refractivity contribution in [3.05, 3.63) is 13.2 Å². The predicted octanol–water partition coefficient (Wildman–Crippen LogP) is 1.12. The Morgan fingerprint density at radius 2 is 1.25 bits per heavy atom. The van der Waals surface area contributed by atoms with E-state index in [2.05, 4.69) is 0 Å². The Balaban J connectivity index is -0.00000000500. The summed E-state index contributed by atoms with van der Waals surface area (Å²) in [6, 6.07) is 0. The maximum atomic E-state index is 5.75. The van der Waals surface area contributed by atoms with Crippen LogP contribution in [0.15, 0.2) is 0 Å². The van der Waals surface area contributed by atoms with Crippen LogP contribution < -0.4 is 0 Å². The standard InChI is InChI=1S/CH4N.CH3.La/c1-2;;/h2H,1H3;1H3;/q2*-1;. The number of hydrogen-bond donors (Lipinski definition) is 0. The number of hydrogen-bond acceptors (Lipinski definition) is 0. The molecule has 0 saturated heterocycles. The Bertz CT molecular complexity index is 6.00. The van der Waals surface area contributed by atoms with Gasteiger partial charge in [0.1, 0.15) is 0 Å². The van der Waals surface area contributed by atoms with Crippen LogP contribution in [0.1, 0.15) is 0 Å². The molecule has 0 spiro atoms. The van der Waals surface area contributed by atoms with Crippen molar-refractivity contribution in [2.45, 2.75) is 0 Å². The van der Waals surface area contributed by atoms with Crippen LogP contribution in [0.2, 0.25) is 0 Å². The largest absolute Gasteiger partial charge is 0.680 e. The van der Waals surface area contributed by atoms with Gasteiger partial charge in [-0.3, -0.25) is 0 Å². The second-order valence-electron chi connectivity index (χ2n) is 0. The third-order valence-electron chi connectivity index (χ3n) is 0. The molecule has 0 unspecified atom stereocenters.